The molecular weight excluding hydrogens is 378 g/mol. The molecule has 2 aromatic heterocycles. The molecule has 8 heteroatoms. The summed E-state index contributed by atoms with van der Waals surface area (Å²) in [4.78, 5) is 15.5. The molecule has 1 fully saturated rings. The average molecular weight is 400 g/mol. The van der Waals surface area contributed by atoms with E-state index in [0.717, 1.165) is 33.4 Å². The van der Waals surface area contributed by atoms with Crippen LogP contribution in [0.15, 0.2) is 35.4 Å². The number of aromatic nitrogens is 2. The minimum absolute atomic E-state index is 0.0959. The average Bonchev–Trinajstić information content (AvgIpc) is 3.36. The molecule has 0 radical (unpaired) electrons. The van der Waals surface area contributed by atoms with Crippen LogP contribution in [-0.2, 0) is 24.9 Å². The number of ether oxygens (including phenoxy) is 1. The minimum atomic E-state index is -2.34. The van der Waals surface area contributed by atoms with Crippen molar-refractivity contribution in [2.24, 2.45) is 13.0 Å². The molecule has 2 heterocycles. The van der Waals surface area contributed by atoms with E-state index in [9.17, 15) is 13.6 Å². The maximum absolute atomic E-state index is 12.4. The molecule has 2 N–H and O–H groups in total. The maximum atomic E-state index is 12.4. The summed E-state index contributed by atoms with van der Waals surface area (Å²) in [6.07, 6.45) is 5.94. The maximum Gasteiger partial charge on any atom is 0.274 e. The van der Waals surface area contributed by atoms with Gasteiger partial charge in [0.25, 0.3) is 5.56 Å². The van der Waals surface area contributed by atoms with E-state index >= 15 is 0 Å². The number of fused-ring (bicyclic) bond motifs is 1. The van der Waals surface area contributed by atoms with Crippen LogP contribution in [-0.4, -0.2) is 24.9 Å². The summed E-state index contributed by atoms with van der Waals surface area (Å²) in [7, 11) is 1.72. The first-order valence-electron chi connectivity index (χ1n) is 9.21. The second-order valence-electron chi connectivity index (χ2n) is 7.26. The van der Waals surface area contributed by atoms with Gasteiger partial charge in [-0.15, -0.1) is 0 Å². The van der Waals surface area contributed by atoms with Gasteiger partial charge in [-0.05, 0) is 48.9 Å². The summed E-state index contributed by atoms with van der Waals surface area (Å²) in [6.45, 7) is 2.81. The van der Waals surface area contributed by atoms with Gasteiger partial charge in [-0.3, -0.25) is 9.00 Å². The lowest BCUT2D eigenvalue weighted by Gasteiger charge is -2.19. The lowest BCUT2D eigenvalue weighted by molar-refractivity contribution is 0.301. The molecular formula is C20H22N3O4S-. The van der Waals surface area contributed by atoms with Gasteiger partial charge in [0, 0.05) is 53.8 Å². The van der Waals surface area contributed by atoms with Crippen LogP contribution in [0.4, 0.5) is 0 Å². The fourth-order valence-corrected chi connectivity index (χ4v) is 3.75. The zero-order valence-electron chi connectivity index (χ0n) is 15.8. The Morgan fingerprint density at radius 3 is 2.86 bits per heavy atom. The lowest BCUT2D eigenvalue weighted by atomic mass is 9.94. The monoisotopic (exact) mass is 400 g/mol. The van der Waals surface area contributed by atoms with Crippen molar-refractivity contribution in [2.75, 3.05) is 6.61 Å². The van der Waals surface area contributed by atoms with Crippen LogP contribution in [0.1, 0.15) is 24.0 Å². The third kappa shape index (κ3) is 3.63. The Balaban J connectivity index is 1.88. The molecule has 0 spiro atoms. The van der Waals surface area contributed by atoms with E-state index in [1.54, 1.807) is 17.8 Å². The van der Waals surface area contributed by atoms with Crippen LogP contribution >= 0.6 is 0 Å². The molecule has 0 aliphatic heterocycles. The van der Waals surface area contributed by atoms with E-state index in [-0.39, 0.29) is 12.1 Å². The number of rotatable bonds is 7. The standard InChI is InChI=1S/C20H23N3O4S/c1-12-14(9-22-28(25)26)5-6-17(27-11-13-3-4-13)18(12)16-10-23(2)20(24)19-15(16)7-8-21-19/h5-8,10,13,21-22H,3-4,9,11H2,1-2H3,(H,25,26)/p-1. The highest BCUT2D eigenvalue weighted by molar-refractivity contribution is 7.77. The first-order chi connectivity index (χ1) is 13.5. The van der Waals surface area contributed by atoms with Crippen molar-refractivity contribution in [1.82, 2.24) is 14.3 Å². The molecule has 0 saturated heterocycles. The molecule has 0 bridgehead atoms. The van der Waals surface area contributed by atoms with Gasteiger partial charge in [0.2, 0.25) is 0 Å². The van der Waals surface area contributed by atoms with E-state index < -0.39 is 11.3 Å². The van der Waals surface area contributed by atoms with Crippen LogP contribution in [0.5, 0.6) is 5.75 Å². The van der Waals surface area contributed by atoms with Gasteiger partial charge in [-0.1, -0.05) is 6.07 Å². The third-order valence-corrected chi connectivity index (χ3v) is 5.63. The predicted molar refractivity (Wildman–Crippen MR) is 108 cm³/mol. The first-order valence-corrected chi connectivity index (χ1v) is 10.3. The van der Waals surface area contributed by atoms with Crippen LogP contribution in [0.25, 0.3) is 22.0 Å². The second kappa shape index (κ2) is 7.54. The summed E-state index contributed by atoms with van der Waals surface area (Å²) in [5, 5.41) is 0.819. The Labute approximate surface area is 165 Å². The Morgan fingerprint density at radius 1 is 1.36 bits per heavy atom. The van der Waals surface area contributed by atoms with Gasteiger partial charge in [0.05, 0.1) is 6.61 Å². The number of hydrogen-bond acceptors (Lipinski definition) is 4. The SMILES string of the molecule is Cc1c(CNS(=O)[O-])ccc(OCC2CC2)c1-c1cn(C)c(=O)c2[nH]ccc12. The molecule has 28 heavy (non-hydrogen) atoms. The number of benzene rings is 1. The summed E-state index contributed by atoms with van der Waals surface area (Å²) in [6, 6.07) is 5.66. The van der Waals surface area contributed by atoms with E-state index in [0.29, 0.717) is 18.0 Å². The van der Waals surface area contributed by atoms with Gasteiger partial charge >= 0.3 is 0 Å². The number of aromatic amines is 1. The normalized spacial score (nSPS) is 15.1. The molecule has 1 aliphatic rings. The predicted octanol–water partition coefficient (Wildman–Crippen LogP) is 2.51. The molecule has 1 aromatic carbocycles. The highest BCUT2D eigenvalue weighted by atomic mass is 32.2. The molecule has 0 amide bonds. The van der Waals surface area contributed by atoms with Crippen molar-refractivity contribution in [3.8, 4) is 16.9 Å². The summed E-state index contributed by atoms with van der Waals surface area (Å²) < 4.78 is 32.0. The smallest absolute Gasteiger partial charge is 0.274 e. The number of H-pyrrole nitrogens is 1. The third-order valence-electron chi connectivity index (χ3n) is 5.25. The molecule has 148 valence electrons. The van der Waals surface area contributed by atoms with Gasteiger partial charge in [-0.25, -0.2) is 4.72 Å². The number of aryl methyl sites for hydroxylation is 1. The fraction of sp³-hybridized carbons (Fsp3) is 0.350. The molecule has 3 aromatic rings. The van der Waals surface area contributed by atoms with Gasteiger partial charge < -0.3 is 18.8 Å². The Morgan fingerprint density at radius 2 is 2.14 bits per heavy atom. The van der Waals surface area contributed by atoms with Crippen LogP contribution in [0, 0.1) is 12.8 Å². The van der Waals surface area contributed by atoms with Crippen molar-refractivity contribution in [1.29, 1.82) is 0 Å². The molecule has 7 nitrogen and oxygen atoms in total. The van der Waals surface area contributed by atoms with Crippen LogP contribution in [0.3, 0.4) is 0 Å². The lowest BCUT2D eigenvalue weighted by Crippen LogP contribution is -2.18. The highest BCUT2D eigenvalue weighted by Gasteiger charge is 2.24. The van der Waals surface area contributed by atoms with E-state index in [4.69, 9.17) is 4.74 Å². The van der Waals surface area contributed by atoms with E-state index in [1.807, 2.05) is 31.3 Å². The summed E-state index contributed by atoms with van der Waals surface area (Å²) >= 11 is -2.34. The minimum Gasteiger partial charge on any atom is -0.760 e. The van der Waals surface area contributed by atoms with Crippen LogP contribution < -0.4 is 15.0 Å². The summed E-state index contributed by atoms with van der Waals surface area (Å²) in [5.74, 6) is 1.35. The Bertz CT molecular complexity index is 1110. The van der Waals surface area contributed by atoms with Crippen molar-refractivity contribution in [3.05, 3.63) is 52.1 Å². The zero-order chi connectivity index (χ0) is 19.8. The number of hydrogen-bond donors (Lipinski definition) is 2. The molecule has 1 atom stereocenters. The quantitative estimate of drug-likeness (QED) is 0.595. The largest absolute Gasteiger partial charge is 0.760 e. The molecule has 1 saturated carbocycles. The van der Waals surface area contributed by atoms with Gasteiger partial charge in [0.15, 0.2) is 0 Å². The van der Waals surface area contributed by atoms with Crippen molar-refractivity contribution >= 4 is 22.2 Å². The summed E-state index contributed by atoms with van der Waals surface area (Å²) in [5.41, 5.74) is 3.99. The van der Waals surface area contributed by atoms with Gasteiger partial charge in [0.1, 0.15) is 11.3 Å². The van der Waals surface area contributed by atoms with E-state index in [2.05, 4.69) is 9.71 Å². The van der Waals surface area contributed by atoms with Gasteiger partial charge in [-0.2, -0.15) is 0 Å². The molecule has 1 aliphatic carbocycles. The van der Waals surface area contributed by atoms with Crippen LogP contribution in [0.2, 0.25) is 0 Å². The van der Waals surface area contributed by atoms with Crippen molar-refractivity contribution in [2.45, 2.75) is 26.3 Å². The highest BCUT2D eigenvalue weighted by Crippen LogP contribution is 2.39. The topological polar surface area (TPSA) is 99.2 Å². The Hall–Kier alpha value is -2.42. The Kier molecular flexibility index (Phi) is 5.09. The first kappa shape index (κ1) is 18.9. The number of pyridine rings is 1. The zero-order valence-corrected chi connectivity index (χ0v) is 16.6. The van der Waals surface area contributed by atoms with Crippen molar-refractivity contribution < 1.29 is 13.5 Å². The molecule has 1 unspecified atom stereocenters. The van der Waals surface area contributed by atoms with Crippen molar-refractivity contribution in [3.63, 3.8) is 0 Å². The number of nitrogens with zero attached hydrogens (tertiary/aromatic N) is 1. The van der Waals surface area contributed by atoms with E-state index in [1.165, 1.54) is 12.8 Å². The fourth-order valence-electron chi connectivity index (χ4n) is 3.47. The number of nitrogens with one attached hydrogen (secondary N) is 2. The second-order valence-corrected chi connectivity index (χ2v) is 8.02. The molecule has 4 rings (SSSR count).